The Hall–Kier alpha value is -3.33. The largest absolute Gasteiger partial charge is 0.355 e. The second-order valence-electron chi connectivity index (χ2n) is 14.7. The molecule has 46 heavy (non-hydrogen) atoms. The molecular weight excluding hydrogens is 581 g/mol. The van der Waals surface area contributed by atoms with Crippen molar-refractivity contribution in [3.8, 4) is 5.75 Å². The first-order chi connectivity index (χ1) is 22.1. The summed E-state index contributed by atoms with van der Waals surface area (Å²) in [5.41, 5.74) is 2.85. The van der Waals surface area contributed by atoms with Crippen LogP contribution >= 0.6 is 0 Å². The fraction of sp³-hybridized carbons (Fsp3) is 0.622. The van der Waals surface area contributed by atoms with Gasteiger partial charge in [0.2, 0.25) is 11.7 Å². The summed E-state index contributed by atoms with van der Waals surface area (Å²) in [7, 11) is 0. The molecule has 2 aliphatic carbocycles. The Morgan fingerprint density at radius 3 is 2.63 bits per heavy atom. The zero-order valence-electron chi connectivity index (χ0n) is 28.3. The standard InChI is InChI=1S/C37H52FN5O3/c1-23-18-28-10-11-30(31(19-23)21-28)22-34(44)39-14-17-41-15-12-29(13-16-41)26(4)42-27(5)35(32-8-6-7-9-33(32)42)43(38)46-36-24(2)20-25(3)40-37(36)45/h6-9,20,23,26,28-31H,10-19,21-22H2,1-5H3,(H,39,44)(H,40,45)/t23?,26-,28?,30?,31?/m0/s1. The van der Waals surface area contributed by atoms with E-state index in [9.17, 15) is 9.59 Å². The van der Waals surface area contributed by atoms with E-state index in [1.807, 2.05) is 31.2 Å². The molecule has 2 N–H and O–H groups in total. The Balaban J connectivity index is 1.04. The van der Waals surface area contributed by atoms with E-state index in [2.05, 4.69) is 33.6 Å². The van der Waals surface area contributed by atoms with Crippen LogP contribution < -0.4 is 21.0 Å². The molecule has 0 radical (unpaired) electrons. The normalized spacial score (nSPS) is 24.6. The lowest BCUT2D eigenvalue weighted by molar-refractivity contribution is -0.123. The number of halogens is 1. The Morgan fingerprint density at radius 2 is 1.87 bits per heavy atom. The molecule has 3 fully saturated rings. The summed E-state index contributed by atoms with van der Waals surface area (Å²) in [5, 5.41) is 4.23. The Bertz CT molecular complexity index is 1590. The van der Waals surface area contributed by atoms with Crippen LogP contribution in [0.2, 0.25) is 0 Å². The molecule has 2 bridgehead atoms. The van der Waals surface area contributed by atoms with Crippen molar-refractivity contribution in [3.63, 3.8) is 0 Å². The van der Waals surface area contributed by atoms with Crippen LogP contribution in [-0.2, 0) is 4.79 Å². The van der Waals surface area contributed by atoms with E-state index in [4.69, 9.17) is 4.84 Å². The van der Waals surface area contributed by atoms with Gasteiger partial charge >= 0.3 is 0 Å². The fourth-order valence-electron chi connectivity index (χ4n) is 9.11. The Morgan fingerprint density at radius 1 is 1.11 bits per heavy atom. The number of amides is 1. The van der Waals surface area contributed by atoms with E-state index in [0.717, 1.165) is 66.8 Å². The molecule has 8 nitrogen and oxygen atoms in total. The average molecular weight is 634 g/mol. The van der Waals surface area contributed by atoms with Crippen molar-refractivity contribution in [2.24, 2.45) is 29.6 Å². The van der Waals surface area contributed by atoms with E-state index in [1.165, 1.54) is 32.1 Å². The second-order valence-corrected chi connectivity index (χ2v) is 14.7. The predicted molar refractivity (Wildman–Crippen MR) is 182 cm³/mol. The molecule has 3 aliphatic rings. The number of piperidine rings is 1. The molecule has 0 spiro atoms. The molecule has 4 unspecified atom stereocenters. The van der Waals surface area contributed by atoms with Crippen molar-refractivity contribution in [1.29, 1.82) is 0 Å². The fourth-order valence-corrected chi connectivity index (χ4v) is 9.11. The summed E-state index contributed by atoms with van der Waals surface area (Å²) >= 11 is 0. The third-order valence-corrected chi connectivity index (χ3v) is 11.4. The number of hydrogen-bond acceptors (Lipinski definition) is 5. The van der Waals surface area contributed by atoms with Crippen LogP contribution in [-0.4, -0.2) is 46.5 Å². The van der Waals surface area contributed by atoms with Gasteiger partial charge in [-0.3, -0.25) is 9.59 Å². The van der Waals surface area contributed by atoms with Gasteiger partial charge in [0.25, 0.3) is 5.56 Å². The lowest BCUT2D eigenvalue weighted by Gasteiger charge is -2.42. The van der Waals surface area contributed by atoms with Crippen molar-refractivity contribution in [2.75, 3.05) is 31.5 Å². The summed E-state index contributed by atoms with van der Waals surface area (Å²) in [4.78, 5) is 36.1. The first kappa shape index (κ1) is 32.6. The van der Waals surface area contributed by atoms with Gasteiger partial charge in [-0.05, 0) is 126 Å². The van der Waals surface area contributed by atoms with Gasteiger partial charge in [0, 0.05) is 47.9 Å². The number of aryl methyl sites for hydroxylation is 2. The van der Waals surface area contributed by atoms with Gasteiger partial charge in [-0.1, -0.05) is 36.0 Å². The molecule has 3 aromatic rings. The molecular formula is C37H52FN5O3. The van der Waals surface area contributed by atoms with E-state index < -0.39 is 5.56 Å². The number of anilines is 1. The second kappa shape index (κ2) is 13.8. The van der Waals surface area contributed by atoms with Gasteiger partial charge in [0.05, 0.1) is 5.52 Å². The number of nitrogens with one attached hydrogen (secondary N) is 2. The number of aromatic nitrogens is 2. The highest BCUT2D eigenvalue weighted by molar-refractivity contribution is 5.95. The van der Waals surface area contributed by atoms with Crippen molar-refractivity contribution in [1.82, 2.24) is 19.8 Å². The summed E-state index contributed by atoms with van der Waals surface area (Å²) in [5.74, 6) is 3.63. The molecule has 3 heterocycles. The Kier molecular flexibility index (Phi) is 9.78. The molecule has 250 valence electrons. The number of para-hydroxylation sites is 1. The van der Waals surface area contributed by atoms with Crippen LogP contribution in [0.3, 0.4) is 0 Å². The quantitative estimate of drug-likeness (QED) is 0.183. The maximum atomic E-state index is 15.8. The number of hydrogen-bond donors (Lipinski definition) is 2. The lowest BCUT2D eigenvalue weighted by Crippen LogP contribution is -2.41. The number of nitrogens with zero attached hydrogens (tertiary/aromatic N) is 3. The highest BCUT2D eigenvalue weighted by Crippen LogP contribution is 2.46. The number of pyridine rings is 1. The number of carbonyl (C=O) groups is 1. The molecule has 1 aliphatic heterocycles. The molecule has 9 heteroatoms. The number of benzene rings is 1. The number of likely N-dealkylation sites (tertiary alicyclic amines) is 1. The van der Waals surface area contributed by atoms with Crippen molar-refractivity contribution in [2.45, 2.75) is 92.0 Å². The minimum Gasteiger partial charge on any atom is -0.355 e. The van der Waals surface area contributed by atoms with Gasteiger partial charge in [-0.2, -0.15) is 0 Å². The number of H-pyrrole nitrogens is 1. The number of fused-ring (bicyclic) bond motifs is 3. The SMILES string of the molecule is Cc1cc(C)c(ON(F)c2c(C)n([C@@H](C)C3CCN(CCNC(=O)CC4CCC5CC(C)CC4C5)CC3)c3ccccc23)c(=O)[nH]1. The molecule has 1 amide bonds. The maximum absolute atomic E-state index is 15.8. The van der Waals surface area contributed by atoms with Crippen LogP contribution in [0.25, 0.3) is 10.9 Å². The minimum absolute atomic E-state index is 0.0491. The highest BCUT2D eigenvalue weighted by atomic mass is 19.2. The first-order valence-corrected chi connectivity index (χ1v) is 17.5. The third-order valence-electron chi connectivity index (χ3n) is 11.4. The smallest absolute Gasteiger partial charge is 0.294 e. The topological polar surface area (TPSA) is 82.6 Å². The predicted octanol–water partition coefficient (Wildman–Crippen LogP) is 7.18. The van der Waals surface area contributed by atoms with Gasteiger partial charge in [0.15, 0.2) is 0 Å². The summed E-state index contributed by atoms with van der Waals surface area (Å²) in [6.45, 7) is 13.6. The molecule has 6 rings (SSSR count). The number of aromatic amines is 1. The molecule has 1 aromatic carbocycles. The number of rotatable bonds is 10. The lowest BCUT2D eigenvalue weighted by atomic mass is 9.63. The van der Waals surface area contributed by atoms with E-state index in [-0.39, 0.29) is 23.0 Å². The van der Waals surface area contributed by atoms with Crippen LogP contribution in [0, 0.1) is 50.4 Å². The third kappa shape index (κ3) is 6.85. The van der Waals surface area contributed by atoms with Gasteiger partial charge in [0.1, 0.15) is 5.69 Å². The zero-order valence-corrected chi connectivity index (χ0v) is 28.3. The molecule has 2 aromatic heterocycles. The van der Waals surface area contributed by atoms with Gasteiger partial charge < -0.3 is 24.6 Å². The first-order valence-electron chi connectivity index (χ1n) is 17.5. The summed E-state index contributed by atoms with van der Waals surface area (Å²) in [6.07, 6.45) is 9.31. The monoisotopic (exact) mass is 633 g/mol. The van der Waals surface area contributed by atoms with Crippen LogP contribution in [0.1, 0.15) is 88.2 Å². The van der Waals surface area contributed by atoms with E-state index in [0.29, 0.717) is 41.7 Å². The van der Waals surface area contributed by atoms with Crippen LogP contribution in [0.15, 0.2) is 35.1 Å². The van der Waals surface area contributed by atoms with Crippen molar-refractivity contribution in [3.05, 3.63) is 57.6 Å². The molecule has 2 saturated carbocycles. The van der Waals surface area contributed by atoms with E-state index in [1.54, 1.807) is 19.9 Å². The molecule has 5 atom stereocenters. The summed E-state index contributed by atoms with van der Waals surface area (Å²) < 4.78 is 18.1. The Labute approximate surface area is 272 Å². The minimum atomic E-state index is -0.456. The van der Waals surface area contributed by atoms with Crippen molar-refractivity contribution >= 4 is 22.5 Å². The van der Waals surface area contributed by atoms with Gasteiger partial charge in [-0.15, -0.1) is 0 Å². The van der Waals surface area contributed by atoms with Crippen LogP contribution in [0.5, 0.6) is 5.75 Å². The highest BCUT2D eigenvalue weighted by Gasteiger charge is 2.37. The summed E-state index contributed by atoms with van der Waals surface area (Å²) in [6, 6.07) is 9.72. The van der Waals surface area contributed by atoms with E-state index >= 15 is 4.48 Å². The average Bonchev–Trinajstić information content (AvgIpc) is 3.31. The van der Waals surface area contributed by atoms with Gasteiger partial charge in [-0.25, -0.2) is 0 Å². The van der Waals surface area contributed by atoms with Crippen LogP contribution in [0.4, 0.5) is 10.2 Å². The molecule has 1 saturated heterocycles. The maximum Gasteiger partial charge on any atom is 0.294 e. The number of carbonyl (C=O) groups excluding carboxylic acids is 1. The zero-order chi connectivity index (χ0) is 32.5. The van der Waals surface area contributed by atoms with Crippen molar-refractivity contribution < 1.29 is 14.1 Å².